The van der Waals surface area contributed by atoms with Gasteiger partial charge < -0.3 is 4.74 Å². The van der Waals surface area contributed by atoms with Gasteiger partial charge in [-0.2, -0.15) is 0 Å². The van der Waals surface area contributed by atoms with Gasteiger partial charge in [-0.1, -0.05) is 6.58 Å². The van der Waals surface area contributed by atoms with Gasteiger partial charge in [0.25, 0.3) is 5.69 Å². The number of methoxy groups -OCH3 is 1. The zero-order chi connectivity index (χ0) is 9.84. The van der Waals surface area contributed by atoms with Crippen LogP contribution in [0.15, 0.2) is 30.8 Å². The van der Waals surface area contributed by atoms with E-state index >= 15 is 0 Å². The molecule has 0 aliphatic carbocycles. The zero-order valence-corrected chi connectivity index (χ0v) is 7.19. The molecule has 13 heavy (non-hydrogen) atoms. The molecule has 0 bridgehead atoms. The number of ether oxygens (including phenoxy) is 1. The van der Waals surface area contributed by atoms with Crippen LogP contribution < -0.4 is 0 Å². The van der Waals surface area contributed by atoms with E-state index in [1.807, 2.05) is 0 Å². The SMILES string of the molecule is C=C(OC)c1ccc([N+](=O)[O-])cc1. The molecule has 0 radical (unpaired) electrons. The lowest BCUT2D eigenvalue weighted by atomic mass is 10.2. The third-order valence-electron chi connectivity index (χ3n) is 1.65. The Morgan fingerprint density at radius 1 is 1.46 bits per heavy atom. The fourth-order valence-electron chi connectivity index (χ4n) is 0.887. The lowest BCUT2D eigenvalue weighted by molar-refractivity contribution is -0.384. The van der Waals surface area contributed by atoms with Crippen LogP contribution in [-0.2, 0) is 4.74 Å². The maximum absolute atomic E-state index is 10.3. The monoisotopic (exact) mass is 179 g/mol. The molecule has 68 valence electrons. The quantitative estimate of drug-likeness (QED) is 0.406. The summed E-state index contributed by atoms with van der Waals surface area (Å²) in [6, 6.07) is 6.03. The second-order valence-corrected chi connectivity index (χ2v) is 2.43. The molecule has 0 aliphatic heterocycles. The van der Waals surface area contributed by atoms with E-state index in [-0.39, 0.29) is 5.69 Å². The Morgan fingerprint density at radius 3 is 2.38 bits per heavy atom. The van der Waals surface area contributed by atoms with E-state index in [9.17, 15) is 10.1 Å². The minimum absolute atomic E-state index is 0.0626. The molecular weight excluding hydrogens is 170 g/mol. The van der Waals surface area contributed by atoms with Crippen molar-refractivity contribution in [3.63, 3.8) is 0 Å². The Balaban J connectivity index is 2.93. The smallest absolute Gasteiger partial charge is 0.269 e. The van der Waals surface area contributed by atoms with Crippen LogP contribution >= 0.6 is 0 Å². The van der Waals surface area contributed by atoms with E-state index in [0.717, 1.165) is 5.56 Å². The van der Waals surface area contributed by atoms with Gasteiger partial charge in [-0.15, -0.1) is 0 Å². The van der Waals surface area contributed by atoms with Crippen molar-refractivity contribution in [3.8, 4) is 0 Å². The zero-order valence-electron chi connectivity index (χ0n) is 7.19. The Kier molecular flexibility index (Phi) is 2.64. The van der Waals surface area contributed by atoms with E-state index in [0.29, 0.717) is 5.76 Å². The van der Waals surface area contributed by atoms with Crippen LogP contribution in [0.3, 0.4) is 0 Å². The number of nitrogens with zero attached hydrogens (tertiary/aromatic N) is 1. The molecule has 1 rings (SSSR count). The van der Waals surface area contributed by atoms with Crippen LogP contribution in [0.4, 0.5) is 5.69 Å². The summed E-state index contributed by atoms with van der Waals surface area (Å²) in [6.45, 7) is 3.63. The van der Waals surface area contributed by atoms with Gasteiger partial charge in [0.1, 0.15) is 5.76 Å². The Hall–Kier alpha value is -1.84. The van der Waals surface area contributed by atoms with Crippen LogP contribution in [0.25, 0.3) is 5.76 Å². The molecule has 0 spiro atoms. The topological polar surface area (TPSA) is 52.4 Å². The van der Waals surface area contributed by atoms with E-state index in [4.69, 9.17) is 4.74 Å². The first-order valence-corrected chi connectivity index (χ1v) is 3.63. The standard InChI is InChI=1S/C9H9NO3/c1-7(13-2)8-3-5-9(6-4-8)10(11)12/h3-6H,1H2,2H3. The number of hydrogen-bond acceptors (Lipinski definition) is 3. The highest BCUT2D eigenvalue weighted by Gasteiger charge is 2.04. The molecule has 1 aromatic carbocycles. The highest BCUT2D eigenvalue weighted by Crippen LogP contribution is 2.17. The second-order valence-electron chi connectivity index (χ2n) is 2.43. The molecule has 0 fully saturated rings. The van der Waals surface area contributed by atoms with Crippen molar-refractivity contribution in [1.29, 1.82) is 0 Å². The van der Waals surface area contributed by atoms with E-state index in [1.165, 1.54) is 19.2 Å². The highest BCUT2D eigenvalue weighted by molar-refractivity contribution is 5.58. The van der Waals surface area contributed by atoms with Crippen molar-refractivity contribution in [2.75, 3.05) is 7.11 Å². The number of non-ortho nitro benzene ring substituents is 1. The predicted octanol–water partition coefficient (Wildman–Crippen LogP) is 2.21. The van der Waals surface area contributed by atoms with Crippen LogP contribution in [0.5, 0.6) is 0 Å². The van der Waals surface area contributed by atoms with Gasteiger partial charge in [0.15, 0.2) is 0 Å². The normalized spacial score (nSPS) is 9.31. The molecule has 1 aromatic rings. The molecule has 0 N–H and O–H groups in total. The Bertz CT molecular complexity index is 329. The van der Waals surface area contributed by atoms with Gasteiger partial charge >= 0.3 is 0 Å². The van der Waals surface area contributed by atoms with E-state index in [2.05, 4.69) is 6.58 Å². The van der Waals surface area contributed by atoms with Crippen LogP contribution in [-0.4, -0.2) is 12.0 Å². The maximum Gasteiger partial charge on any atom is 0.269 e. The third-order valence-corrected chi connectivity index (χ3v) is 1.65. The first-order valence-electron chi connectivity index (χ1n) is 3.63. The molecule has 4 heteroatoms. The summed E-state index contributed by atoms with van der Waals surface area (Å²) < 4.78 is 4.87. The summed E-state index contributed by atoms with van der Waals surface area (Å²) in [6.07, 6.45) is 0. The van der Waals surface area contributed by atoms with Gasteiger partial charge in [-0.05, 0) is 12.1 Å². The number of benzene rings is 1. The molecule has 0 amide bonds. The minimum atomic E-state index is -0.445. The van der Waals surface area contributed by atoms with Gasteiger partial charge in [0.05, 0.1) is 12.0 Å². The van der Waals surface area contributed by atoms with Gasteiger partial charge in [-0.25, -0.2) is 0 Å². The molecule has 4 nitrogen and oxygen atoms in total. The lowest BCUT2D eigenvalue weighted by Gasteiger charge is -2.02. The molecular formula is C9H9NO3. The van der Waals surface area contributed by atoms with Crippen molar-refractivity contribution >= 4 is 11.4 Å². The second kappa shape index (κ2) is 3.71. The maximum atomic E-state index is 10.3. The predicted molar refractivity (Wildman–Crippen MR) is 49.1 cm³/mol. The molecule has 0 atom stereocenters. The summed E-state index contributed by atoms with van der Waals surface area (Å²) in [5.41, 5.74) is 0.806. The fraction of sp³-hybridized carbons (Fsp3) is 0.111. The van der Waals surface area contributed by atoms with E-state index in [1.54, 1.807) is 12.1 Å². The van der Waals surface area contributed by atoms with Crippen LogP contribution in [0.1, 0.15) is 5.56 Å². The van der Waals surface area contributed by atoms with Crippen molar-refractivity contribution in [2.24, 2.45) is 0 Å². The molecule has 0 aromatic heterocycles. The fourth-order valence-corrected chi connectivity index (χ4v) is 0.887. The summed E-state index contributed by atoms with van der Waals surface area (Å²) in [4.78, 5) is 9.86. The first kappa shape index (κ1) is 9.25. The lowest BCUT2D eigenvalue weighted by Crippen LogP contribution is -1.89. The molecule has 0 unspecified atom stereocenters. The Morgan fingerprint density at radius 2 is 2.00 bits per heavy atom. The van der Waals surface area contributed by atoms with E-state index < -0.39 is 4.92 Å². The number of nitro benzene ring substituents is 1. The number of rotatable bonds is 3. The summed E-state index contributed by atoms with van der Waals surface area (Å²) in [5.74, 6) is 0.495. The van der Waals surface area contributed by atoms with Crippen LogP contribution in [0.2, 0.25) is 0 Å². The molecule has 0 aliphatic rings. The first-order chi connectivity index (χ1) is 6.15. The number of hydrogen-bond donors (Lipinski definition) is 0. The van der Waals surface area contributed by atoms with Gasteiger partial charge in [0, 0.05) is 17.7 Å². The average molecular weight is 179 g/mol. The summed E-state index contributed by atoms with van der Waals surface area (Å²) in [5, 5.41) is 10.3. The van der Waals surface area contributed by atoms with Gasteiger partial charge in [0.2, 0.25) is 0 Å². The number of nitro groups is 1. The summed E-state index contributed by atoms with van der Waals surface area (Å²) >= 11 is 0. The average Bonchev–Trinajstić information content (AvgIpc) is 2.17. The minimum Gasteiger partial charge on any atom is -0.497 e. The van der Waals surface area contributed by atoms with Crippen molar-refractivity contribution < 1.29 is 9.66 Å². The Labute approximate surface area is 75.6 Å². The molecule has 0 heterocycles. The molecule has 0 saturated carbocycles. The highest BCUT2D eigenvalue weighted by atomic mass is 16.6. The van der Waals surface area contributed by atoms with Crippen molar-refractivity contribution in [3.05, 3.63) is 46.5 Å². The van der Waals surface area contributed by atoms with Crippen molar-refractivity contribution in [2.45, 2.75) is 0 Å². The van der Waals surface area contributed by atoms with Crippen LogP contribution in [0, 0.1) is 10.1 Å². The molecule has 0 saturated heterocycles. The van der Waals surface area contributed by atoms with Gasteiger partial charge in [-0.3, -0.25) is 10.1 Å². The van der Waals surface area contributed by atoms with Crippen molar-refractivity contribution in [1.82, 2.24) is 0 Å². The summed E-state index contributed by atoms with van der Waals surface area (Å²) in [7, 11) is 1.50. The third kappa shape index (κ3) is 2.05. The largest absolute Gasteiger partial charge is 0.497 e.